The summed E-state index contributed by atoms with van der Waals surface area (Å²) in [4.78, 5) is 17.1. The fourth-order valence-electron chi connectivity index (χ4n) is 2.38. The van der Waals surface area contributed by atoms with Crippen molar-refractivity contribution in [3.05, 3.63) is 67.6 Å². The van der Waals surface area contributed by atoms with E-state index in [0.717, 1.165) is 4.47 Å². The highest BCUT2D eigenvalue weighted by Gasteiger charge is 2.09. The first-order valence-corrected chi connectivity index (χ1v) is 8.69. The van der Waals surface area contributed by atoms with Crippen LogP contribution < -0.4 is 10.3 Å². The minimum absolute atomic E-state index is 0.104. The molecule has 0 bridgehead atoms. The molecule has 0 saturated carbocycles. The normalized spacial score (nSPS) is 11.0. The van der Waals surface area contributed by atoms with Crippen molar-refractivity contribution in [2.75, 3.05) is 6.61 Å². The third kappa shape index (κ3) is 3.77. The second-order valence-electron chi connectivity index (χ2n) is 5.31. The molecule has 3 aromatic rings. The average Bonchev–Trinajstić information content (AvgIpc) is 2.61. The van der Waals surface area contributed by atoms with Crippen LogP contribution in [0.15, 0.2) is 50.8 Å². The summed E-state index contributed by atoms with van der Waals surface area (Å²) in [6.45, 7) is 1.60. The van der Waals surface area contributed by atoms with Gasteiger partial charge in [-0.2, -0.15) is 15.0 Å². The molecule has 0 aliphatic heterocycles. The number of hydrogen-bond acceptors (Lipinski definition) is 5. The molecule has 1 aromatic heterocycles. The van der Waals surface area contributed by atoms with Gasteiger partial charge in [0.05, 0.1) is 17.1 Å². The van der Waals surface area contributed by atoms with E-state index in [4.69, 9.17) is 21.6 Å². The van der Waals surface area contributed by atoms with Gasteiger partial charge >= 0.3 is 0 Å². The van der Waals surface area contributed by atoms with E-state index in [2.05, 4.69) is 26.0 Å². The van der Waals surface area contributed by atoms with Crippen LogP contribution in [0.2, 0.25) is 5.02 Å². The Balaban J connectivity index is 2.08. The third-order valence-corrected chi connectivity index (χ3v) is 4.27. The summed E-state index contributed by atoms with van der Waals surface area (Å²) in [5.41, 5.74) is 0.864. The van der Waals surface area contributed by atoms with E-state index in [1.165, 1.54) is 10.9 Å². The summed E-state index contributed by atoms with van der Waals surface area (Å²) >= 11 is 9.38. The number of fused-ring (bicyclic) bond motifs is 1. The highest BCUT2D eigenvalue weighted by atomic mass is 79.9. The Labute approximate surface area is 162 Å². The number of nitrogens with zero attached hydrogens (tertiary/aromatic N) is 4. The van der Waals surface area contributed by atoms with Crippen molar-refractivity contribution < 1.29 is 4.74 Å². The first-order chi connectivity index (χ1) is 12.5. The highest BCUT2D eigenvalue weighted by molar-refractivity contribution is 9.10. The minimum atomic E-state index is -0.286. The maximum absolute atomic E-state index is 12.7. The van der Waals surface area contributed by atoms with Crippen molar-refractivity contribution >= 4 is 44.6 Å². The van der Waals surface area contributed by atoms with Gasteiger partial charge in [-0.3, -0.25) is 4.79 Å². The van der Waals surface area contributed by atoms with Crippen LogP contribution >= 0.6 is 27.5 Å². The van der Waals surface area contributed by atoms with Gasteiger partial charge in [-0.25, -0.2) is 4.98 Å². The van der Waals surface area contributed by atoms with Crippen molar-refractivity contribution in [1.82, 2.24) is 9.66 Å². The molecule has 8 heteroatoms. The molecular formula is C18H12BrClN4O2. The van der Waals surface area contributed by atoms with Crippen LogP contribution in [0.4, 0.5) is 0 Å². The summed E-state index contributed by atoms with van der Waals surface area (Å²) in [6.07, 6.45) is 1.46. The second kappa shape index (κ2) is 7.68. The average molecular weight is 432 g/mol. The van der Waals surface area contributed by atoms with E-state index in [1.54, 1.807) is 37.3 Å². The number of aryl methyl sites for hydroxylation is 1. The number of hydrogen-bond donors (Lipinski definition) is 0. The Morgan fingerprint density at radius 2 is 2.19 bits per heavy atom. The van der Waals surface area contributed by atoms with Gasteiger partial charge in [-0.15, -0.1) is 0 Å². The largest absolute Gasteiger partial charge is 0.478 e. The van der Waals surface area contributed by atoms with Gasteiger partial charge in [0.25, 0.3) is 5.56 Å². The van der Waals surface area contributed by atoms with Gasteiger partial charge in [-0.1, -0.05) is 27.5 Å². The molecule has 6 nitrogen and oxygen atoms in total. The molecular weight excluding hydrogens is 420 g/mol. The maximum Gasteiger partial charge on any atom is 0.282 e. The van der Waals surface area contributed by atoms with Crippen LogP contribution in [-0.4, -0.2) is 22.5 Å². The number of nitriles is 1. The molecule has 0 radical (unpaired) electrons. The number of rotatable bonds is 4. The van der Waals surface area contributed by atoms with E-state index in [9.17, 15) is 4.79 Å². The van der Waals surface area contributed by atoms with Crippen LogP contribution in [0.3, 0.4) is 0 Å². The van der Waals surface area contributed by atoms with Crippen LogP contribution in [0.1, 0.15) is 11.4 Å². The van der Waals surface area contributed by atoms with Crippen LogP contribution in [0.25, 0.3) is 10.9 Å². The van der Waals surface area contributed by atoms with E-state index >= 15 is 0 Å². The van der Waals surface area contributed by atoms with Crippen LogP contribution in [-0.2, 0) is 0 Å². The molecule has 0 N–H and O–H groups in total. The minimum Gasteiger partial charge on any atom is -0.478 e. The lowest BCUT2D eigenvalue weighted by molar-refractivity contribution is 0.367. The van der Waals surface area contributed by atoms with E-state index < -0.39 is 0 Å². The number of benzene rings is 2. The van der Waals surface area contributed by atoms with E-state index in [-0.39, 0.29) is 12.2 Å². The van der Waals surface area contributed by atoms with Gasteiger partial charge in [-0.05, 0) is 43.3 Å². The molecule has 0 aliphatic carbocycles. The molecule has 130 valence electrons. The first-order valence-electron chi connectivity index (χ1n) is 7.52. The summed E-state index contributed by atoms with van der Waals surface area (Å²) in [5, 5.41) is 13.9. The van der Waals surface area contributed by atoms with E-state index in [1.807, 2.05) is 12.1 Å². The Kier molecular flexibility index (Phi) is 5.35. The summed E-state index contributed by atoms with van der Waals surface area (Å²) in [5.74, 6) is 0.893. The number of aromatic nitrogens is 2. The zero-order chi connectivity index (χ0) is 18.7. The molecule has 3 rings (SSSR count). The van der Waals surface area contributed by atoms with Gasteiger partial charge in [0.15, 0.2) is 6.61 Å². The Morgan fingerprint density at radius 3 is 2.96 bits per heavy atom. The molecule has 0 amide bonds. The number of ether oxygens (including phenoxy) is 1. The van der Waals surface area contributed by atoms with Gasteiger partial charge in [0, 0.05) is 15.1 Å². The zero-order valence-corrected chi connectivity index (χ0v) is 16.0. The predicted molar refractivity (Wildman–Crippen MR) is 104 cm³/mol. The summed E-state index contributed by atoms with van der Waals surface area (Å²) in [7, 11) is 0. The molecule has 26 heavy (non-hydrogen) atoms. The van der Waals surface area contributed by atoms with Crippen molar-refractivity contribution in [3.63, 3.8) is 0 Å². The Hall–Kier alpha value is -2.69. The molecule has 0 saturated heterocycles. The van der Waals surface area contributed by atoms with Crippen molar-refractivity contribution in [3.8, 4) is 11.8 Å². The molecule has 0 spiro atoms. The van der Waals surface area contributed by atoms with Gasteiger partial charge in [0.2, 0.25) is 0 Å². The molecule has 0 aliphatic rings. The summed E-state index contributed by atoms with van der Waals surface area (Å²) < 4.78 is 7.35. The molecule has 1 heterocycles. The molecule has 0 atom stereocenters. The van der Waals surface area contributed by atoms with Crippen LogP contribution in [0, 0.1) is 18.3 Å². The smallest absolute Gasteiger partial charge is 0.282 e. The monoisotopic (exact) mass is 430 g/mol. The molecule has 2 aromatic carbocycles. The quantitative estimate of drug-likeness (QED) is 0.587. The molecule has 0 fully saturated rings. The van der Waals surface area contributed by atoms with Crippen molar-refractivity contribution in [2.24, 2.45) is 5.10 Å². The van der Waals surface area contributed by atoms with Crippen molar-refractivity contribution in [1.29, 1.82) is 5.26 Å². The predicted octanol–water partition coefficient (Wildman–Crippen LogP) is 3.91. The van der Waals surface area contributed by atoms with Gasteiger partial charge < -0.3 is 4.74 Å². The molecule has 0 unspecified atom stereocenters. The van der Waals surface area contributed by atoms with Gasteiger partial charge in [0.1, 0.15) is 17.6 Å². The lowest BCUT2D eigenvalue weighted by Crippen LogP contribution is -2.20. The topological polar surface area (TPSA) is 80.3 Å². The second-order valence-corrected chi connectivity index (χ2v) is 6.66. The fraction of sp³-hybridized carbons (Fsp3) is 0.111. The van der Waals surface area contributed by atoms with E-state index in [0.29, 0.717) is 33.1 Å². The Morgan fingerprint density at radius 1 is 1.38 bits per heavy atom. The lowest BCUT2D eigenvalue weighted by Gasteiger charge is -2.08. The number of halogens is 2. The first kappa shape index (κ1) is 18.1. The fourth-order valence-corrected chi connectivity index (χ4v) is 2.92. The van der Waals surface area contributed by atoms with Crippen molar-refractivity contribution in [2.45, 2.75) is 6.92 Å². The van der Waals surface area contributed by atoms with Crippen LogP contribution in [0.5, 0.6) is 5.75 Å². The Bertz CT molecular complexity index is 1120. The standard InChI is InChI=1S/C18H12BrClN4O2/c1-11-23-16-4-2-13(19)9-15(16)18(25)24(11)22-10-12-8-14(20)3-5-17(12)26-7-6-21/h2-5,8-10H,7H2,1H3. The summed E-state index contributed by atoms with van der Waals surface area (Å²) in [6, 6.07) is 12.1. The maximum atomic E-state index is 12.7. The lowest BCUT2D eigenvalue weighted by atomic mass is 10.2. The SMILES string of the molecule is Cc1nc2ccc(Br)cc2c(=O)n1N=Cc1cc(Cl)ccc1OCC#N. The zero-order valence-electron chi connectivity index (χ0n) is 13.6. The third-order valence-electron chi connectivity index (χ3n) is 3.55. The highest BCUT2D eigenvalue weighted by Crippen LogP contribution is 2.21.